The molecule has 29 heavy (non-hydrogen) atoms. The van der Waals surface area contributed by atoms with E-state index in [2.05, 4.69) is 9.97 Å². The number of hydrogen-bond donors (Lipinski definition) is 0. The lowest BCUT2D eigenvalue weighted by molar-refractivity contribution is -0.143. The van der Waals surface area contributed by atoms with Crippen LogP contribution in [-0.2, 0) is 9.53 Å². The molecule has 1 aromatic carbocycles. The smallest absolute Gasteiger partial charge is 0.305 e. The molecule has 0 bridgehead atoms. The maximum Gasteiger partial charge on any atom is 0.305 e. The second-order valence-corrected chi connectivity index (χ2v) is 6.28. The fraction of sp³-hybridized carbons (Fsp3) is 0.261. The van der Waals surface area contributed by atoms with Crippen molar-refractivity contribution in [2.24, 2.45) is 0 Å². The van der Waals surface area contributed by atoms with E-state index in [4.69, 9.17) is 14.2 Å². The fourth-order valence-corrected chi connectivity index (χ4v) is 2.80. The molecule has 0 saturated carbocycles. The zero-order valence-electron chi connectivity index (χ0n) is 16.6. The number of hydrogen-bond acceptors (Lipinski definition) is 6. The predicted molar refractivity (Wildman–Crippen MR) is 111 cm³/mol. The van der Waals surface area contributed by atoms with Crippen LogP contribution in [-0.4, -0.2) is 36.3 Å². The van der Waals surface area contributed by atoms with Gasteiger partial charge in [-0.3, -0.25) is 9.78 Å². The molecule has 6 heteroatoms. The van der Waals surface area contributed by atoms with Crippen LogP contribution in [0.3, 0.4) is 0 Å². The highest BCUT2D eigenvalue weighted by Gasteiger charge is 2.10. The first kappa shape index (κ1) is 20.3. The van der Waals surface area contributed by atoms with Gasteiger partial charge in [-0.1, -0.05) is 18.2 Å². The molecule has 6 nitrogen and oxygen atoms in total. The van der Waals surface area contributed by atoms with Crippen LogP contribution in [0.25, 0.3) is 22.5 Å². The number of pyridine rings is 2. The molecule has 0 radical (unpaired) electrons. The maximum atomic E-state index is 11.5. The molecule has 3 rings (SSSR count). The van der Waals surface area contributed by atoms with Gasteiger partial charge in [0, 0.05) is 18.7 Å². The Hall–Kier alpha value is -3.41. The first-order valence-electron chi connectivity index (χ1n) is 9.56. The summed E-state index contributed by atoms with van der Waals surface area (Å²) in [5.41, 5.74) is 3.46. The van der Waals surface area contributed by atoms with Crippen molar-refractivity contribution in [3.8, 4) is 34.1 Å². The molecule has 0 aliphatic rings. The minimum absolute atomic E-state index is 0.217. The van der Waals surface area contributed by atoms with Gasteiger partial charge in [0.15, 0.2) is 0 Å². The quantitative estimate of drug-likeness (QED) is 0.393. The largest absolute Gasteiger partial charge is 0.497 e. The van der Waals surface area contributed by atoms with Gasteiger partial charge in [-0.15, -0.1) is 0 Å². The minimum atomic E-state index is -0.217. The standard InChI is InChI=1S/C23H24N2O4/c1-3-28-23(26)8-6-14-29-22-16-18(17-9-11-19(27-2)12-10-17)15-21(25-22)20-7-4-5-13-24-20/h4-5,7,9-13,15-16H,3,6,8,14H2,1-2H3. The van der Waals surface area contributed by atoms with Crippen molar-refractivity contribution in [1.29, 1.82) is 0 Å². The van der Waals surface area contributed by atoms with E-state index in [1.807, 2.05) is 54.6 Å². The van der Waals surface area contributed by atoms with Crippen molar-refractivity contribution in [2.75, 3.05) is 20.3 Å². The van der Waals surface area contributed by atoms with Crippen LogP contribution in [0.15, 0.2) is 60.8 Å². The number of aromatic nitrogens is 2. The van der Waals surface area contributed by atoms with Crippen LogP contribution in [0.4, 0.5) is 0 Å². The third kappa shape index (κ3) is 5.78. The number of esters is 1. The Labute approximate surface area is 170 Å². The third-order valence-corrected chi connectivity index (χ3v) is 4.23. The highest BCUT2D eigenvalue weighted by atomic mass is 16.5. The van der Waals surface area contributed by atoms with Crippen molar-refractivity contribution in [2.45, 2.75) is 19.8 Å². The molecule has 0 spiro atoms. The summed E-state index contributed by atoms with van der Waals surface area (Å²) in [6.07, 6.45) is 2.61. The van der Waals surface area contributed by atoms with E-state index in [1.54, 1.807) is 20.2 Å². The summed E-state index contributed by atoms with van der Waals surface area (Å²) < 4.78 is 16.0. The molecule has 2 heterocycles. The van der Waals surface area contributed by atoms with Crippen LogP contribution in [0.1, 0.15) is 19.8 Å². The molecule has 3 aromatic rings. The van der Waals surface area contributed by atoms with E-state index < -0.39 is 0 Å². The summed E-state index contributed by atoms with van der Waals surface area (Å²) in [5.74, 6) is 1.07. The summed E-state index contributed by atoms with van der Waals surface area (Å²) in [6, 6.07) is 17.4. The molecule has 0 amide bonds. The normalized spacial score (nSPS) is 10.4. The van der Waals surface area contributed by atoms with Crippen molar-refractivity contribution >= 4 is 5.97 Å². The Kier molecular flexibility index (Phi) is 7.16. The van der Waals surface area contributed by atoms with Crippen LogP contribution in [0.2, 0.25) is 0 Å². The summed E-state index contributed by atoms with van der Waals surface area (Å²) in [4.78, 5) is 20.5. The highest BCUT2D eigenvalue weighted by molar-refractivity contribution is 5.71. The van der Waals surface area contributed by atoms with Gasteiger partial charge in [-0.25, -0.2) is 4.98 Å². The first-order valence-corrected chi connectivity index (χ1v) is 9.56. The van der Waals surface area contributed by atoms with E-state index in [9.17, 15) is 4.79 Å². The fourth-order valence-electron chi connectivity index (χ4n) is 2.80. The Bertz CT molecular complexity index is 927. The van der Waals surface area contributed by atoms with E-state index in [0.29, 0.717) is 31.9 Å². The van der Waals surface area contributed by atoms with Gasteiger partial charge in [-0.05, 0) is 54.8 Å². The number of methoxy groups -OCH3 is 1. The van der Waals surface area contributed by atoms with Gasteiger partial charge >= 0.3 is 5.97 Å². The lowest BCUT2D eigenvalue weighted by Gasteiger charge is -2.11. The molecule has 0 aliphatic heterocycles. The van der Waals surface area contributed by atoms with E-state index in [1.165, 1.54) is 0 Å². The first-order chi connectivity index (χ1) is 14.2. The average molecular weight is 392 g/mol. The second kappa shape index (κ2) is 10.2. The Morgan fingerprint density at radius 3 is 2.52 bits per heavy atom. The number of benzene rings is 1. The molecule has 2 aromatic heterocycles. The molecule has 150 valence electrons. The molecule has 0 unspecified atom stereocenters. The summed E-state index contributed by atoms with van der Waals surface area (Å²) >= 11 is 0. The van der Waals surface area contributed by atoms with Gasteiger partial charge in [0.2, 0.25) is 5.88 Å². The number of nitrogens with zero attached hydrogens (tertiary/aromatic N) is 2. The lowest BCUT2D eigenvalue weighted by atomic mass is 10.0. The van der Waals surface area contributed by atoms with Crippen molar-refractivity contribution < 1.29 is 19.0 Å². The minimum Gasteiger partial charge on any atom is -0.497 e. The lowest BCUT2D eigenvalue weighted by Crippen LogP contribution is -2.07. The van der Waals surface area contributed by atoms with Gasteiger partial charge < -0.3 is 14.2 Å². The molecule has 0 aliphatic carbocycles. The number of carbonyl (C=O) groups excluding carboxylic acids is 1. The van der Waals surface area contributed by atoms with E-state index in [-0.39, 0.29) is 5.97 Å². The molecular formula is C23H24N2O4. The zero-order valence-corrected chi connectivity index (χ0v) is 16.6. The highest BCUT2D eigenvalue weighted by Crippen LogP contribution is 2.29. The average Bonchev–Trinajstić information content (AvgIpc) is 2.77. The van der Waals surface area contributed by atoms with E-state index >= 15 is 0 Å². The third-order valence-electron chi connectivity index (χ3n) is 4.23. The second-order valence-electron chi connectivity index (χ2n) is 6.28. The number of ether oxygens (including phenoxy) is 3. The topological polar surface area (TPSA) is 70.5 Å². The zero-order chi connectivity index (χ0) is 20.5. The molecule has 0 N–H and O–H groups in total. The van der Waals surface area contributed by atoms with Gasteiger partial charge in [-0.2, -0.15) is 0 Å². The Morgan fingerprint density at radius 1 is 1.00 bits per heavy atom. The van der Waals surface area contributed by atoms with Crippen LogP contribution in [0, 0.1) is 0 Å². The van der Waals surface area contributed by atoms with Crippen LogP contribution >= 0.6 is 0 Å². The summed E-state index contributed by atoms with van der Waals surface area (Å²) in [7, 11) is 1.64. The van der Waals surface area contributed by atoms with Gasteiger partial charge in [0.25, 0.3) is 0 Å². The molecule has 0 saturated heterocycles. The van der Waals surface area contributed by atoms with Gasteiger partial charge in [0.1, 0.15) is 5.75 Å². The van der Waals surface area contributed by atoms with Crippen LogP contribution in [0.5, 0.6) is 11.6 Å². The monoisotopic (exact) mass is 392 g/mol. The SMILES string of the molecule is CCOC(=O)CCCOc1cc(-c2ccc(OC)cc2)cc(-c2ccccn2)n1. The van der Waals surface area contributed by atoms with Crippen molar-refractivity contribution in [3.05, 3.63) is 60.8 Å². The Balaban J connectivity index is 1.82. The van der Waals surface area contributed by atoms with Crippen molar-refractivity contribution in [3.63, 3.8) is 0 Å². The Morgan fingerprint density at radius 2 is 1.83 bits per heavy atom. The summed E-state index contributed by atoms with van der Waals surface area (Å²) in [5, 5.41) is 0. The predicted octanol–water partition coefficient (Wildman–Crippen LogP) is 4.54. The molecule has 0 fully saturated rings. The summed E-state index contributed by atoms with van der Waals surface area (Å²) in [6.45, 7) is 2.56. The van der Waals surface area contributed by atoms with Crippen LogP contribution < -0.4 is 9.47 Å². The number of rotatable bonds is 9. The van der Waals surface area contributed by atoms with Crippen molar-refractivity contribution in [1.82, 2.24) is 9.97 Å². The van der Waals surface area contributed by atoms with Gasteiger partial charge in [0.05, 0.1) is 31.7 Å². The van der Waals surface area contributed by atoms with E-state index in [0.717, 1.165) is 28.3 Å². The number of carbonyl (C=O) groups is 1. The molecular weight excluding hydrogens is 368 g/mol. The maximum absolute atomic E-state index is 11.5. The molecule has 0 atom stereocenters.